The van der Waals surface area contributed by atoms with Gasteiger partial charge in [0, 0.05) is 19.3 Å². The summed E-state index contributed by atoms with van der Waals surface area (Å²) in [5.41, 5.74) is 0. The molecule has 0 saturated heterocycles. The van der Waals surface area contributed by atoms with Gasteiger partial charge >= 0.3 is 0 Å². The Kier molecular flexibility index (Phi) is 12.5. The van der Waals surface area contributed by atoms with Crippen molar-refractivity contribution in [3.63, 3.8) is 0 Å². The van der Waals surface area contributed by atoms with Crippen molar-refractivity contribution in [3.05, 3.63) is 12.7 Å². The molecule has 0 aromatic heterocycles. The maximum absolute atomic E-state index is 5.54. The quantitative estimate of drug-likeness (QED) is 0.407. The van der Waals surface area contributed by atoms with Gasteiger partial charge in [-0.05, 0) is 45.1 Å². The van der Waals surface area contributed by atoms with Crippen LogP contribution < -0.4 is 5.32 Å². The lowest BCUT2D eigenvalue weighted by atomic mass is 10.1. The van der Waals surface area contributed by atoms with Gasteiger partial charge < -0.3 is 10.1 Å². The summed E-state index contributed by atoms with van der Waals surface area (Å²) in [6, 6.07) is 0.622. The molecule has 0 saturated carbocycles. The summed E-state index contributed by atoms with van der Waals surface area (Å²) in [5, 5.41) is 3.59. The van der Waals surface area contributed by atoms with Crippen molar-refractivity contribution < 1.29 is 4.74 Å². The van der Waals surface area contributed by atoms with E-state index >= 15 is 0 Å². The van der Waals surface area contributed by atoms with Crippen molar-refractivity contribution >= 4 is 0 Å². The van der Waals surface area contributed by atoms with E-state index in [4.69, 9.17) is 4.74 Å². The van der Waals surface area contributed by atoms with Gasteiger partial charge in [0.15, 0.2) is 0 Å². The number of hydrogen-bond acceptors (Lipinski definition) is 2. The van der Waals surface area contributed by atoms with E-state index in [9.17, 15) is 0 Å². The summed E-state index contributed by atoms with van der Waals surface area (Å²) < 4.78 is 5.54. The largest absolute Gasteiger partial charge is 0.381 e. The van der Waals surface area contributed by atoms with E-state index in [0.717, 1.165) is 39.0 Å². The first-order valence-corrected chi connectivity index (χ1v) is 6.77. The molecular formula is C14H29NO. The van der Waals surface area contributed by atoms with Crippen LogP contribution in [0.5, 0.6) is 0 Å². The Labute approximate surface area is 101 Å². The summed E-state index contributed by atoms with van der Waals surface area (Å²) in [6.45, 7) is 11.0. The van der Waals surface area contributed by atoms with Crippen LogP contribution in [0.4, 0.5) is 0 Å². The SMILES string of the molecule is C=CCCCC(CCOCCC)NCCC. The molecule has 0 amide bonds. The molecule has 0 radical (unpaired) electrons. The van der Waals surface area contributed by atoms with Gasteiger partial charge in [0.1, 0.15) is 0 Å². The lowest BCUT2D eigenvalue weighted by Gasteiger charge is -2.18. The zero-order valence-electron chi connectivity index (χ0n) is 11.1. The van der Waals surface area contributed by atoms with Gasteiger partial charge in [0.2, 0.25) is 0 Å². The fourth-order valence-corrected chi connectivity index (χ4v) is 1.68. The van der Waals surface area contributed by atoms with Crippen LogP contribution in [0, 0.1) is 0 Å². The molecule has 0 spiro atoms. The van der Waals surface area contributed by atoms with Crippen LogP contribution >= 0.6 is 0 Å². The maximum atomic E-state index is 5.54. The van der Waals surface area contributed by atoms with Gasteiger partial charge in [0.25, 0.3) is 0 Å². The molecule has 96 valence electrons. The molecule has 16 heavy (non-hydrogen) atoms. The second-order valence-electron chi connectivity index (χ2n) is 4.27. The zero-order valence-corrected chi connectivity index (χ0v) is 11.1. The van der Waals surface area contributed by atoms with Crippen LogP contribution in [0.2, 0.25) is 0 Å². The fraction of sp³-hybridized carbons (Fsp3) is 0.857. The molecule has 0 aliphatic heterocycles. The van der Waals surface area contributed by atoms with Crippen molar-refractivity contribution in [2.75, 3.05) is 19.8 Å². The monoisotopic (exact) mass is 227 g/mol. The first-order chi connectivity index (χ1) is 7.85. The standard InChI is InChI=1S/C14H29NO/c1-4-7-8-9-14(15-11-5-2)10-13-16-12-6-3/h4,14-15H,1,5-13H2,2-3H3. The lowest BCUT2D eigenvalue weighted by molar-refractivity contribution is 0.123. The average Bonchev–Trinajstić information content (AvgIpc) is 2.31. The second-order valence-corrected chi connectivity index (χ2v) is 4.27. The van der Waals surface area contributed by atoms with Crippen molar-refractivity contribution in [2.24, 2.45) is 0 Å². The molecule has 0 aromatic carbocycles. The molecule has 2 nitrogen and oxygen atoms in total. The van der Waals surface area contributed by atoms with Crippen molar-refractivity contribution in [3.8, 4) is 0 Å². The van der Waals surface area contributed by atoms with E-state index in [-0.39, 0.29) is 0 Å². The Balaban J connectivity index is 3.58. The smallest absolute Gasteiger partial charge is 0.0480 e. The highest BCUT2D eigenvalue weighted by molar-refractivity contribution is 4.71. The highest BCUT2D eigenvalue weighted by Crippen LogP contribution is 2.06. The van der Waals surface area contributed by atoms with Crippen molar-refractivity contribution in [1.82, 2.24) is 5.32 Å². The molecule has 0 aliphatic rings. The molecule has 0 heterocycles. The third-order valence-corrected chi connectivity index (χ3v) is 2.60. The molecule has 0 aliphatic carbocycles. The molecule has 0 aromatic rings. The van der Waals surface area contributed by atoms with E-state index in [0.29, 0.717) is 6.04 Å². The van der Waals surface area contributed by atoms with Crippen LogP contribution in [-0.4, -0.2) is 25.8 Å². The topological polar surface area (TPSA) is 21.3 Å². The van der Waals surface area contributed by atoms with E-state index in [1.807, 2.05) is 6.08 Å². The number of rotatable bonds is 12. The predicted octanol–water partition coefficient (Wildman–Crippen LogP) is 3.53. The summed E-state index contributed by atoms with van der Waals surface area (Å²) >= 11 is 0. The predicted molar refractivity (Wildman–Crippen MR) is 71.9 cm³/mol. The maximum Gasteiger partial charge on any atom is 0.0480 e. The molecule has 0 rings (SSSR count). The molecule has 1 N–H and O–H groups in total. The van der Waals surface area contributed by atoms with Gasteiger partial charge in [-0.15, -0.1) is 6.58 Å². The molecular weight excluding hydrogens is 198 g/mol. The van der Waals surface area contributed by atoms with E-state index < -0.39 is 0 Å². The highest BCUT2D eigenvalue weighted by Gasteiger charge is 2.06. The normalized spacial score (nSPS) is 12.6. The molecule has 1 unspecified atom stereocenters. The Hall–Kier alpha value is -0.340. The Morgan fingerprint density at radius 1 is 1.19 bits per heavy atom. The average molecular weight is 227 g/mol. The first kappa shape index (κ1) is 15.7. The van der Waals surface area contributed by atoms with Gasteiger partial charge in [0.05, 0.1) is 0 Å². The third kappa shape index (κ3) is 10.2. The molecule has 2 heteroatoms. The number of nitrogens with one attached hydrogen (secondary N) is 1. The van der Waals surface area contributed by atoms with Crippen LogP contribution in [0.1, 0.15) is 52.4 Å². The van der Waals surface area contributed by atoms with Crippen molar-refractivity contribution in [1.29, 1.82) is 0 Å². The van der Waals surface area contributed by atoms with E-state index in [1.165, 1.54) is 19.3 Å². The number of ether oxygens (including phenoxy) is 1. The van der Waals surface area contributed by atoms with E-state index in [2.05, 4.69) is 25.7 Å². The second kappa shape index (κ2) is 12.7. The Bertz CT molecular complexity index is 148. The summed E-state index contributed by atoms with van der Waals surface area (Å²) in [6.07, 6.45) is 9.05. The Morgan fingerprint density at radius 3 is 2.62 bits per heavy atom. The highest BCUT2D eigenvalue weighted by atomic mass is 16.5. The molecule has 1 atom stereocenters. The lowest BCUT2D eigenvalue weighted by Crippen LogP contribution is -2.31. The van der Waals surface area contributed by atoms with Gasteiger partial charge in [-0.2, -0.15) is 0 Å². The first-order valence-electron chi connectivity index (χ1n) is 6.77. The van der Waals surface area contributed by atoms with Gasteiger partial charge in [-0.1, -0.05) is 19.9 Å². The molecule has 0 bridgehead atoms. The van der Waals surface area contributed by atoms with E-state index in [1.54, 1.807) is 0 Å². The van der Waals surface area contributed by atoms with Crippen LogP contribution in [0.15, 0.2) is 12.7 Å². The molecule has 0 fully saturated rings. The third-order valence-electron chi connectivity index (χ3n) is 2.60. The number of unbranched alkanes of at least 4 members (excludes halogenated alkanes) is 1. The van der Waals surface area contributed by atoms with Crippen LogP contribution in [0.25, 0.3) is 0 Å². The van der Waals surface area contributed by atoms with Crippen LogP contribution in [0.3, 0.4) is 0 Å². The van der Waals surface area contributed by atoms with Crippen molar-refractivity contribution in [2.45, 2.75) is 58.4 Å². The fourth-order valence-electron chi connectivity index (χ4n) is 1.68. The minimum atomic E-state index is 0.622. The van der Waals surface area contributed by atoms with Gasteiger partial charge in [-0.3, -0.25) is 0 Å². The summed E-state index contributed by atoms with van der Waals surface area (Å²) in [4.78, 5) is 0. The minimum absolute atomic E-state index is 0.622. The summed E-state index contributed by atoms with van der Waals surface area (Å²) in [5.74, 6) is 0. The Morgan fingerprint density at radius 2 is 2.00 bits per heavy atom. The zero-order chi connectivity index (χ0) is 12.1. The number of hydrogen-bond donors (Lipinski definition) is 1. The minimum Gasteiger partial charge on any atom is -0.381 e. The summed E-state index contributed by atoms with van der Waals surface area (Å²) in [7, 11) is 0. The number of allylic oxidation sites excluding steroid dienone is 1. The van der Waals surface area contributed by atoms with Gasteiger partial charge in [-0.25, -0.2) is 0 Å². The van der Waals surface area contributed by atoms with Crippen LogP contribution in [-0.2, 0) is 4.74 Å².